The van der Waals surface area contributed by atoms with E-state index in [2.05, 4.69) is 9.47 Å². The fraction of sp³-hybridized carbons (Fsp3) is 0.300. The number of hydrogen-bond acceptors (Lipinski definition) is 4. The Balaban J connectivity index is 3.17. The third-order valence-corrected chi connectivity index (χ3v) is 2.02. The van der Waals surface area contributed by atoms with Crippen LogP contribution in [0.2, 0.25) is 0 Å². The van der Waals surface area contributed by atoms with Gasteiger partial charge >= 0.3 is 5.97 Å². The molecule has 0 fully saturated rings. The van der Waals surface area contributed by atoms with Crippen molar-refractivity contribution < 1.29 is 28.2 Å². The second-order valence-electron chi connectivity index (χ2n) is 2.91. The van der Waals surface area contributed by atoms with Crippen molar-refractivity contribution >= 4 is 5.97 Å². The van der Waals surface area contributed by atoms with Crippen molar-refractivity contribution in [3.63, 3.8) is 0 Å². The molecule has 1 aromatic carbocycles. The average molecular weight is 232 g/mol. The Bertz CT molecular complexity index is 406. The smallest absolute Gasteiger partial charge is 0.339 e. The third kappa shape index (κ3) is 2.11. The number of halogens is 2. The van der Waals surface area contributed by atoms with Crippen LogP contribution in [0.1, 0.15) is 11.7 Å². The molecule has 0 saturated heterocycles. The number of rotatable bonds is 3. The van der Waals surface area contributed by atoms with Gasteiger partial charge in [0.15, 0.2) is 17.7 Å². The van der Waals surface area contributed by atoms with Crippen LogP contribution in [0.5, 0.6) is 5.75 Å². The van der Waals surface area contributed by atoms with Crippen molar-refractivity contribution in [2.75, 3.05) is 14.2 Å². The molecule has 88 valence electrons. The summed E-state index contributed by atoms with van der Waals surface area (Å²) in [7, 11) is 2.21. The van der Waals surface area contributed by atoms with E-state index in [0.717, 1.165) is 19.2 Å². The molecule has 0 aromatic heterocycles. The van der Waals surface area contributed by atoms with Crippen LogP contribution in [-0.2, 0) is 9.53 Å². The van der Waals surface area contributed by atoms with Crippen molar-refractivity contribution in [3.05, 3.63) is 29.3 Å². The van der Waals surface area contributed by atoms with Gasteiger partial charge in [0.05, 0.1) is 14.2 Å². The molecule has 0 amide bonds. The van der Waals surface area contributed by atoms with Gasteiger partial charge in [0.25, 0.3) is 0 Å². The highest BCUT2D eigenvalue weighted by atomic mass is 19.2. The Morgan fingerprint density at radius 3 is 2.44 bits per heavy atom. The zero-order chi connectivity index (χ0) is 12.3. The van der Waals surface area contributed by atoms with Crippen LogP contribution in [0, 0.1) is 11.6 Å². The maximum absolute atomic E-state index is 13.4. The molecular formula is C10H10F2O4. The summed E-state index contributed by atoms with van der Waals surface area (Å²) in [5.74, 6) is -3.97. The molecule has 0 heterocycles. The third-order valence-electron chi connectivity index (χ3n) is 2.02. The highest BCUT2D eigenvalue weighted by Crippen LogP contribution is 2.26. The highest BCUT2D eigenvalue weighted by Gasteiger charge is 2.25. The van der Waals surface area contributed by atoms with Gasteiger partial charge in [0, 0.05) is 5.56 Å². The molecule has 1 atom stereocenters. The Morgan fingerprint density at radius 2 is 1.94 bits per heavy atom. The first-order valence-electron chi connectivity index (χ1n) is 4.30. The molecule has 0 aliphatic rings. The molecule has 1 unspecified atom stereocenters. The number of hydrogen-bond donors (Lipinski definition) is 1. The van der Waals surface area contributed by atoms with E-state index in [4.69, 9.17) is 0 Å². The van der Waals surface area contributed by atoms with Gasteiger partial charge in [-0.3, -0.25) is 0 Å². The normalized spacial score (nSPS) is 12.1. The predicted octanol–water partition coefficient (Wildman–Crippen LogP) is 1.18. The molecule has 1 aromatic rings. The van der Waals surface area contributed by atoms with Gasteiger partial charge < -0.3 is 14.6 Å². The Hall–Kier alpha value is -1.69. The van der Waals surface area contributed by atoms with Crippen molar-refractivity contribution in [3.8, 4) is 5.75 Å². The Morgan fingerprint density at radius 1 is 1.31 bits per heavy atom. The summed E-state index contributed by atoms with van der Waals surface area (Å²) in [5, 5.41) is 9.34. The first-order valence-corrected chi connectivity index (χ1v) is 4.30. The predicted molar refractivity (Wildman–Crippen MR) is 49.9 cm³/mol. The molecule has 0 aliphatic heterocycles. The minimum atomic E-state index is -1.86. The molecule has 0 spiro atoms. The molecule has 1 N–H and O–H groups in total. The van der Waals surface area contributed by atoms with Crippen LogP contribution in [0.25, 0.3) is 0 Å². The lowest BCUT2D eigenvalue weighted by Gasteiger charge is -2.11. The van der Waals surface area contributed by atoms with E-state index in [-0.39, 0.29) is 5.75 Å². The monoisotopic (exact) mass is 232 g/mol. The number of aliphatic hydroxyl groups is 1. The van der Waals surface area contributed by atoms with Crippen LogP contribution in [0.15, 0.2) is 12.1 Å². The number of carbonyl (C=O) groups is 1. The van der Waals surface area contributed by atoms with Crippen molar-refractivity contribution in [1.29, 1.82) is 0 Å². The van der Waals surface area contributed by atoms with E-state index in [1.807, 2.05) is 0 Å². The number of carbonyl (C=O) groups excluding carboxylic acids is 1. The minimum absolute atomic E-state index is 0.307. The summed E-state index contributed by atoms with van der Waals surface area (Å²) in [6.07, 6.45) is -1.86. The average Bonchev–Trinajstić information content (AvgIpc) is 2.30. The summed E-state index contributed by atoms with van der Waals surface area (Å²) in [4.78, 5) is 10.9. The lowest BCUT2D eigenvalue weighted by atomic mass is 10.1. The van der Waals surface area contributed by atoms with Gasteiger partial charge in [0.2, 0.25) is 5.82 Å². The highest BCUT2D eigenvalue weighted by molar-refractivity contribution is 5.76. The molecule has 0 radical (unpaired) electrons. The zero-order valence-corrected chi connectivity index (χ0v) is 8.66. The fourth-order valence-corrected chi connectivity index (χ4v) is 1.15. The Kier molecular flexibility index (Phi) is 3.78. The van der Waals surface area contributed by atoms with Gasteiger partial charge in [-0.1, -0.05) is 0 Å². The van der Waals surface area contributed by atoms with E-state index in [0.29, 0.717) is 0 Å². The SMILES string of the molecule is COC(=O)C(O)c1ccc(OC)c(F)c1F. The standard InChI is InChI=1S/C10H10F2O4/c1-15-6-4-3-5(7(11)8(6)12)9(13)10(14)16-2/h3-4,9,13H,1-2H3. The molecule has 0 saturated carbocycles. The number of esters is 1. The first kappa shape index (κ1) is 12.4. The molecular weight excluding hydrogens is 222 g/mol. The minimum Gasteiger partial charge on any atom is -0.494 e. The fourth-order valence-electron chi connectivity index (χ4n) is 1.15. The second-order valence-corrected chi connectivity index (χ2v) is 2.91. The van der Waals surface area contributed by atoms with Crippen molar-refractivity contribution in [2.45, 2.75) is 6.10 Å². The topological polar surface area (TPSA) is 55.8 Å². The van der Waals surface area contributed by atoms with Crippen LogP contribution in [0.4, 0.5) is 8.78 Å². The van der Waals surface area contributed by atoms with E-state index >= 15 is 0 Å². The van der Waals surface area contributed by atoms with Crippen molar-refractivity contribution in [2.24, 2.45) is 0 Å². The van der Waals surface area contributed by atoms with Crippen LogP contribution < -0.4 is 4.74 Å². The van der Waals surface area contributed by atoms with E-state index < -0.39 is 29.3 Å². The molecule has 6 heteroatoms. The first-order chi connectivity index (χ1) is 7.52. The molecule has 4 nitrogen and oxygen atoms in total. The van der Waals surface area contributed by atoms with Crippen LogP contribution >= 0.6 is 0 Å². The van der Waals surface area contributed by atoms with Gasteiger partial charge in [0.1, 0.15) is 0 Å². The quantitative estimate of drug-likeness (QED) is 0.795. The maximum Gasteiger partial charge on any atom is 0.339 e. The number of benzene rings is 1. The lowest BCUT2D eigenvalue weighted by Crippen LogP contribution is -2.15. The van der Waals surface area contributed by atoms with E-state index in [1.54, 1.807) is 0 Å². The summed E-state index contributed by atoms with van der Waals surface area (Å²) in [5.41, 5.74) is -0.495. The summed E-state index contributed by atoms with van der Waals surface area (Å²) < 4.78 is 35.3. The number of methoxy groups -OCH3 is 2. The lowest BCUT2D eigenvalue weighted by molar-refractivity contribution is -0.150. The second kappa shape index (κ2) is 4.89. The number of ether oxygens (including phenoxy) is 2. The Labute approximate surface area is 90.4 Å². The van der Waals surface area contributed by atoms with Gasteiger partial charge in [-0.25, -0.2) is 9.18 Å². The number of aliphatic hydroxyl groups excluding tert-OH is 1. The molecule has 16 heavy (non-hydrogen) atoms. The summed E-state index contributed by atoms with van der Waals surface area (Å²) >= 11 is 0. The summed E-state index contributed by atoms with van der Waals surface area (Å²) in [6, 6.07) is 2.17. The molecule has 0 bridgehead atoms. The molecule has 1 rings (SSSR count). The maximum atomic E-state index is 13.4. The van der Waals surface area contributed by atoms with E-state index in [1.165, 1.54) is 7.11 Å². The van der Waals surface area contributed by atoms with Crippen LogP contribution in [-0.4, -0.2) is 25.3 Å². The molecule has 0 aliphatic carbocycles. The van der Waals surface area contributed by atoms with Crippen LogP contribution in [0.3, 0.4) is 0 Å². The largest absolute Gasteiger partial charge is 0.494 e. The van der Waals surface area contributed by atoms with Crippen molar-refractivity contribution in [1.82, 2.24) is 0 Å². The van der Waals surface area contributed by atoms with Gasteiger partial charge in [-0.05, 0) is 12.1 Å². The van der Waals surface area contributed by atoms with Gasteiger partial charge in [-0.15, -0.1) is 0 Å². The summed E-state index contributed by atoms with van der Waals surface area (Å²) in [6.45, 7) is 0. The zero-order valence-electron chi connectivity index (χ0n) is 8.66. The van der Waals surface area contributed by atoms with E-state index in [9.17, 15) is 18.7 Å². The van der Waals surface area contributed by atoms with Gasteiger partial charge in [-0.2, -0.15) is 4.39 Å².